The maximum absolute atomic E-state index is 11.5. The van der Waals surface area contributed by atoms with Crippen molar-refractivity contribution in [2.75, 3.05) is 6.54 Å². The van der Waals surface area contributed by atoms with Gasteiger partial charge in [0, 0.05) is 18.1 Å². The van der Waals surface area contributed by atoms with Crippen LogP contribution in [-0.4, -0.2) is 51.5 Å². The van der Waals surface area contributed by atoms with Crippen molar-refractivity contribution in [3.8, 4) is 0 Å². The number of hydrogen-bond donors (Lipinski definition) is 3. The fourth-order valence-electron chi connectivity index (χ4n) is 1.32. The zero-order valence-corrected chi connectivity index (χ0v) is 8.62. The lowest BCUT2D eigenvalue weighted by Gasteiger charge is -2.12. The largest absolute Gasteiger partial charge is 0.480 e. The zero-order valence-electron chi connectivity index (χ0n) is 8.62. The predicted octanol–water partition coefficient (Wildman–Crippen LogP) is -1.83. The second-order valence-corrected chi connectivity index (χ2v) is 3.44. The molecule has 4 N–H and O–H groups in total. The van der Waals surface area contributed by atoms with Gasteiger partial charge in [-0.05, 0) is 0 Å². The van der Waals surface area contributed by atoms with Gasteiger partial charge < -0.3 is 15.9 Å². The predicted molar refractivity (Wildman–Crippen MR) is 52.7 cm³/mol. The van der Waals surface area contributed by atoms with Crippen molar-refractivity contribution in [2.45, 2.75) is 12.5 Å². The van der Waals surface area contributed by atoms with E-state index in [2.05, 4.69) is 0 Å². The van der Waals surface area contributed by atoms with Gasteiger partial charge >= 0.3 is 11.9 Å². The summed E-state index contributed by atoms with van der Waals surface area (Å²) < 4.78 is 0. The molecule has 8 heteroatoms. The number of amides is 2. The Balaban J connectivity index is 2.75. The van der Waals surface area contributed by atoms with Crippen molar-refractivity contribution in [1.29, 1.82) is 0 Å². The van der Waals surface area contributed by atoms with E-state index in [1.165, 1.54) is 0 Å². The molecule has 0 spiro atoms. The molecule has 0 aromatic heterocycles. The van der Waals surface area contributed by atoms with Crippen LogP contribution in [0.2, 0.25) is 0 Å². The number of rotatable bonds is 5. The van der Waals surface area contributed by atoms with Crippen molar-refractivity contribution >= 4 is 23.8 Å². The molecule has 1 aliphatic heterocycles. The molecular formula is C9H10N2O6. The van der Waals surface area contributed by atoms with Crippen LogP contribution in [0, 0.1) is 0 Å². The Morgan fingerprint density at radius 2 is 1.94 bits per heavy atom. The van der Waals surface area contributed by atoms with Crippen LogP contribution in [0.15, 0.2) is 11.6 Å². The van der Waals surface area contributed by atoms with Gasteiger partial charge in [-0.3, -0.25) is 24.1 Å². The third-order valence-corrected chi connectivity index (χ3v) is 2.13. The summed E-state index contributed by atoms with van der Waals surface area (Å²) in [5.41, 5.74) is 5.12. The minimum absolute atomic E-state index is 0.0915. The monoisotopic (exact) mass is 242 g/mol. The van der Waals surface area contributed by atoms with Gasteiger partial charge in [0.2, 0.25) is 0 Å². The van der Waals surface area contributed by atoms with Crippen LogP contribution in [0.5, 0.6) is 0 Å². The Kier molecular flexibility index (Phi) is 3.59. The van der Waals surface area contributed by atoms with E-state index in [4.69, 9.17) is 15.9 Å². The average molecular weight is 242 g/mol. The van der Waals surface area contributed by atoms with E-state index >= 15 is 0 Å². The normalized spacial score (nSPS) is 17.0. The van der Waals surface area contributed by atoms with E-state index in [-0.39, 0.29) is 12.0 Å². The molecule has 92 valence electrons. The third kappa shape index (κ3) is 2.88. The summed E-state index contributed by atoms with van der Waals surface area (Å²) in [5.74, 6) is -4.22. The van der Waals surface area contributed by atoms with Crippen molar-refractivity contribution in [1.82, 2.24) is 4.90 Å². The SMILES string of the molecule is N[C@@H](CC1=CC(=O)N(CC(=O)O)C1=O)C(=O)O. The first kappa shape index (κ1) is 12.8. The molecule has 0 bridgehead atoms. The number of carbonyl (C=O) groups is 4. The highest BCUT2D eigenvalue weighted by Gasteiger charge is 2.33. The van der Waals surface area contributed by atoms with Crippen molar-refractivity contribution in [2.24, 2.45) is 5.73 Å². The molecule has 1 atom stereocenters. The molecule has 17 heavy (non-hydrogen) atoms. The van der Waals surface area contributed by atoms with E-state index < -0.39 is 36.3 Å². The summed E-state index contributed by atoms with van der Waals surface area (Å²) in [7, 11) is 0. The van der Waals surface area contributed by atoms with E-state index in [9.17, 15) is 19.2 Å². The lowest BCUT2D eigenvalue weighted by atomic mass is 10.1. The van der Waals surface area contributed by atoms with E-state index in [1.54, 1.807) is 0 Å². The van der Waals surface area contributed by atoms with Gasteiger partial charge in [0.1, 0.15) is 12.6 Å². The highest BCUT2D eigenvalue weighted by Crippen LogP contribution is 2.16. The van der Waals surface area contributed by atoms with Crippen LogP contribution >= 0.6 is 0 Å². The molecule has 8 nitrogen and oxygen atoms in total. The van der Waals surface area contributed by atoms with E-state index in [0.717, 1.165) is 6.08 Å². The molecule has 2 amide bonds. The first-order valence-electron chi connectivity index (χ1n) is 4.59. The molecule has 1 aliphatic rings. The summed E-state index contributed by atoms with van der Waals surface area (Å²) in [5, 5.41) is 17.0. The highest BCUT2D eigenvalue weighted by molar-refractivity contribution is 6.17. The lowest BCUT2D eigenvalue weighted by Crippen LogP contribution is -2.37. The number of hydrogen-bond acceptors (Lipinski definition) is 5. The van der Waals surface area contributed by atoms with E-state index in [1.807, 2.05) is 0 Å². The smallest absolute Gasteiger partial charge is 0.323 e. The molecule has 0 saturated carbocycles. The summed E-state index contributed by atoms with van der Waals surface area (Å²) in [4.78, 5) is 44.2. The number of aliphatic carboxylic acids is 2. The van der Waals surface area contributed by atoms with Gasteiger partial charge in [0.25, 0.3) is 11.8 Å². The molecule has 0 saturated heterocycles. The van der Waals surface area contributed by atoms with Gasteiger partial charge in [-0.1, -0.05) is 0 Å². The molecule has 0 unspecified atom stereocenters. The number of carbonyl (C=O) groups excluding carboxylic acids is 2. The molecule has 0 aromatic rings. The Morgan fingerprint density at radius 3 is 2.41 bits per heavy atom. The minimum Gasteiger partial charge on any atom is -0.480 e. The third-order valence-electron chi connectivity index (χ3n) is 2.13. The summed E-state index contributed by atoms with van der Waals surface area (Å²) in [6, 6.07) is -1.30. The maximum Gasteiger partial charge on any atom is 0.323 e. The molecule has 0 aliphatic carbocycles. The van der Waals surface area contributed by atoms with Crippen LogP contribution in [0.4, 0.5) is 0 Å². The maximum atomic E-state index is 11.5. The van der Waals surface area contributed by atoms with Gasteiger partial charge in [-0.25, -0.2) is 0 Å². The van der Waals surface area contributed by atoms with Crippen molar-refractivity contribution in [3.63, 3.8) is 0 Å². The first-order chi connectivity index (χ1) is 7.82. The van der Waals surface area contributed by atoms with Crippen LogP contribution in [0.1, 0.15) is 6.42 Å². The average Bonchev–Trinajstić information content (AvgIpc) is 2.45. The van der Waals surface area contributed by atoms with Crippen LogP contribution in [0.3, 0.4) is 0 Å². The van der Waals surface area contributed by atoms with Gasteiger partial charge in [-0.2, -0.15) is 0 Å². The summed E-state index contributed by atoms with van der Waals surface area (Å²) >= 11 is 0. The fourth-order valence-corrected chi connectivity index (χ4v) is 1.32. The number of nitrogens with two attached hydrogens (primary N) is 1. The topological polar surface area (TPSA) is 138 Å². The zero-order chi connectivity index (χ0) is 13.2. The number of carboxylic acids is 2. The standard InChI is InChI=1S/C9H10N2O6/c10-5(9(16)17)1-4-2-6(12)11(8(4)15)3-7(13)14/h2,5H,1,3,10H2,(H,13,14)(H,16,17)/t5-/m0/s1. The second-order valence-electron chi connectivity index (χ2n) is 3.44. The second kappa shape index (κ2) is 4.74. The van der Waals surface area contributed by atoms with Gasteiger partial charge in [0.05, 0.1) is 0 Å². The van der Waals surface area contributed by atoms with Crippen LogP contribution in [0.25, 0.3) is 0 Å². The molecular weight excluding hydrogens is 232 g/mol. The van der Waals surface area contributed by atoms with Crippen molar-refractivity contribution < 1.29 is 29.4 Å². The molecule has 0 aromatic carbocycles. The highest BCUT2D eigenvalue weighted by atomic mass is 16.4. The van der Waals surface area contributed by atoms with Crippen LogP contribution < -0.4 is 5.73 Å². The molecule has 0 fully saturated rings. The number of imide groups is 1. The Labute approximate surface area is 95.3 Å². The first-order valence-corrected chi connectivity index (χ1v) is 4.59. The molecule has 1 heterocycles. The summed E-state index contributed by atoms with van der Waals surface area (Å²) in [6.45, 7) is -0.750. The number of nitrogens with zero attached hydrogens (tertiary/aromatic N) is 1. The quantitative estimate of drug-likeness (QED) is 0.482. The fraction of sp³-hybridized carbons (Fsp3) is 0.333. The Bertz CT molecular complexity index is 427. The van der Waals surface area contributed by atoms with Gasteiger partial charge in [0.15, 0.2) is 0 Å². The van der Waals surface area contributed by atoms with Crippen LogP contribution in [-0.2, 0) is 19.2 Å². The molecule has 1 rings (SSSR count). The van der Waals surface area contributed by atoms with Crippen molar-refractivity contribution in [3.05, 3.63) is 11.6 Å². The summed E-state index contributed by atoms with van der Waals surface area (Å²) in [6.07, 6.45) is 0.601. The van der Waals surface area contributed by atoms with E-state index in [0.29, 0.717) is 4.90 Å². The molecule has 0 radical (unpaired) electrons. The lowest BCUT2D eigenvalue weighted by molar-refractivity contribution is -0.147. The number of carboxylic acid groups (broad SMARTS) is 2. The van der Waals surface area contributed by atoms with Gasteiger partial charge in [-0.15, -0.1) is 0 Å². The Morgan fingerprint density at radius 1 is 1.35 bits per heavy atom. The minimum atomic E-state index is -1.33. The Hall–Kier alpha value is -2.22.